The van der Waals surface area contributed by atoms with Crippen LogP contribution in [0.25, 0.3) is 0 Å². The van der Waals surface area contributed by atoms with Crippen LogP contribution >= 0.6 is 28.5 Å². The third-order valence-corrected chi connectivity index (χ3v) is 8.32. The molecular formula is C5H7O2PS2. The zero-order valence-electron chi connectivity index (χ0n) is 5.44. The van der Waals surface area contributed by atoms with Crippen LogP contribution in [-0.4, -0.2) is 18.1 Å². The molecule has 1 rings (SSSR count). The summed E-state index contributed by atoms with van der Waals surface area (Å²) in [6.45, 7) is 0. The van der Waals surface area contributed by atoms with Crippen LogP contribution in [0, 0.1) is 12.3 Å². The molecule has 0 bridgehead atoms. The molecule has 0 amide bonds. The van der Waals surface area contributed by atoms with Crippen LogP contribution in [0.4, 0.5) is 0 Å². The molecule has 0 aliphatic carbocycles. The van der Waals surface area contributed by atoms with Crippen molar-refractivity contribution in [2.24, 2.45) is 0 Å². The fourth-order valence-electron chi connectivity index (χ4n) is 0.550. The fraction of sp³-hybridized carbons (Fsp3) is 0.600. The van der Waals surface area contributed by atoms with E-state index in [1.165, 1.54) is 22.8 Å². The van der Waals surface area contributed by atoms with Gasteiger partial charge in [0, 0.05) is 5.75 Å². The van der Waals surface area contributed by atoms with Gasteiger partial charge in [0.25, 0.3) is 0 Å². The summed E-state index contributed by atoms with van der Waals surface area (Å²) in [6.07, 6.45) is 6.61. The number of hydrogen-bond donors (Lipinski definition) is 0. The van der Waals surface area contributed by atoms with E-state index in [1.54, 1.807) is 6.26 Å². The molecule has 2 atom stereocenters. The molecule has 1 saturated heterocycles. The first-order valence-electron chi connectivity index (χ1n) is 2.65. The van der Waals surface area contributed by atoms with Crippen molar-refractivity contribution in [1.82, 2.24) is 0 Å². The van der Waals surface area contributed by atoms with Crippen LogP contribution < -0.4 is 0 Å². The molecule has 0 aromatic heterocycles. The smallest absolute Gasteiger partial charge is 0.296 e. The molecule has 10 heavy (non-hydrogen) atoms. The minimum absolute atomic E-state index is 0.247. The molecule has 5 heteroatoms. The number of terminal acetylenes is 1. The van der Waals surface area contributed by atoms with Gasteiger partial charge in [0.2, 0.25) is 0 Å². The van der Waals surface area contributed by atoms with Crippen LogP contribution in [0.5, 0.6) is 0 Å². The van der Waals surface area contributed by atoms with E-state index in [0.717, 1.165) is 0 Å². The largest absolute Gasteiger partial charge is 0.314 e. The minimum atomic E-state index is -2.43. The van der Waals surface area contributed by atoms with Crippen LogP contribution in [0.15, 0.2) is 0 Å². The summed E-state index contributed by atoms with van der Waals surface area (Å²) < 4.78 is 16.5. The van der Waals surface area contributed by atoms with Gasteiger partial charge < -0.3 is 0 Å². The Hall–Kier alpha value is 0.450. The average molecular weight is 194 g/mol. The quantitative estimate of drug-likeness (QED) is 0.472. The normalized spacial score (nSPS) is 39.4. The van der Waals surface area contributed by atoms with Gasteiger partial charge in [0.05, 0.1) is 0 Å². The Balaban J connectivity index is 2.60. The van der Waals surface area contributed by atoms with Gasteiger partial charge in [-0.05, 0) is 6.26 Å². The molecule has 56 valence electrons. The van der Waals surface area contributed by atoms with Gasteiger partial charge in [0.1, 0.15) is 6.10 Å². The molecule has 1 heterocycles. The summed E-state index contributed by atoms with van der Waals surface area (Å²) in [5.74, 6) is 0.653. The van der Waals surface area contributed by atoms with E-state index in [9.17, 15) is 4.57 Å². The summed E-state index contributed by atoms with van der Waals surface area (Å²) >= 11 is 2.59. The first-order chi connectivity index (χ1) is 4.70. The second kappa shape index (κ2) is 3.23. The Morgan fingerprint density at radius 2 is 2.70 bits per heavy atom. The first-order valence-corrected chi connectivity index (χ1v) is 7.69. The zero-order chi connectivity index (χ0) is 7.61. The van der Waals surface area contributed by atoms with E-state index in [4.69, 9.17) is 10.9 Å². The Morgan fingerprint density at radius 1 is 2.00 bits per heavy atom. The predicted molar refractivity (Wildman–Crippen MR) is 47.3 cm³/mol. The fourth-order valence-corrected chi connectivity index (χ4v) is 5.66. The molecule has 0 saturated carbocycles. The highest BCUT2D eigenvalue weighted by Gasteiger charge is 2.34. The summed E-state index contributed by atoms with van der Waals surface area (Å²) in [7, 11) is 0. The van der Waals surface area contributed by atoms with Crippen LogP contribution in [0.2, 0.25) is 0 Å². The summed E-state index contributed by atoms with van der Waals surface area (Å²) in [6, 6.07) is 0. The van der Waals surface area contributed by atoms with Gasteiger partial charge >= 0.3 is 5.77 Å². The number of rotatable bonds is 1. The lowest BCUT2D eigenvalue weighted by molar-refractivity contribution is 0.311. The molecule has 2 unspecified atom stereocenters. The van der Waals surface area contributed by atoms with Gasteiger partial charge in [-0.1, -0.05) is 28.7 Å². The van der Waals surface area contributed by atoms with Gasteiger partial charge in [-0.3, -0.25) is 9.09 Å². The lowest BCUT2D eigenvalue weighted by Gasteiger charge is -2.04. The zero-order valence-corrected chi connectivity index (χ0v) is 7.97. The highest BCUT2D eigenvalue weighted by atomic mass is 33.1. The van der Waals surface area contributed by atoms with Crippen LogP contribution in [0.3, 0.4) is 0 Å². The SMILES string of the molecule is C#CC1CSP(=O)(SC)O1. The van der Waals surface area contributed by atoms with Crippen molar-refractivity contribution in [2.45, 2.75) is 6.10 Å². The second-order valence-corrected chi connectivity index (χ2v) is 9.20. The van der Waals surface area contributed by atoms with Crippen LogP contribution in [-0.2, 0) is 9.09 Å². The van der Waals surface area contributed by atoms with E-state index in [-0.39, 0.29) is 6.10 Å². The van der Waals surface area contributed by atoms with Gasteiger partial charge in [-0.15, -0.1) is 6.42 Å². The van der Waals surface area contributed by atoms with E-state index in [0.29, 0.717) is 5.75 Å². The molecule has 0 aromatic rings. The summed E-state index contributed by atoms with van der Waals surface area (Å²) in [4.78, 5) is 0. The monoisotopic (exact) mass is 194 g/mol. The lowest BCUT2D eigenvalue weighted by atomic mass is 10.4. The van der Waals surface area contributed by atoms with Gasteiger partial charge in [-0.2, -0.15) is 0 Å². The third-order valence-electron chi connectivity index (χ3n) is 1.05. The van der Waals surface area contributed by atoms with E-state index in [1.807, 2.05) is 0 Å². The molecule has 2 nitrogen and oxygen atoms in total. The number of hydrogen-bond acceptors (Lipinski definition) is 4. The molecule has 1 fully saturated rings. The Morgan fingerprint density at radius 3 is 3.00 bits per heavy atom. The molecule has 1 aliphatic heterocycles. The molecule has 0 radical (unpaired) electrons. The predicted octanol–water partition coefficient (Wildman–Crippen LogP) is 2.22. The molecule has 0 spiro atoms. The maximum Gasteiger partial charge on any atom is 0.314 e. The van der Waals surface area contributed by atoms with Crippen molar-refractivity contribution in [3.63, 3.8) is 0 Å². The summed E-state index contributed by atoms with van der Waals surface area (Å²) in [5, 5.41) is 0. The van der Waals surface area contributed by atoms with Gasteiger partial charge in [-0.25, -0.2) is 0 Å². The second-order valence-electron chi connectivity index (χ2n) is 1.69. The van der Waals surface area contributed by atoms with Crippen molar-refractivity contribution in [3.05, 3.63) is 0 Å². The standard InChI is InChI=1S/C5H7O2PS2/c1-3-5-4-10-8(6,7-5)9-2/h1,5H,4H2,2H3. The summed E-state index contributed by atoms with van der Waals surface area (Å²) in [5.41, 5.74) is 0. The highest BCUT2D eigenvalue weighted by Crippen LogP contribution is 2.73. The van der Waals surface area contributed by atoms with Crippen molar-refractivity contribution < 1.29 is 9.09 Å². The Labute approximate surface area is 68.4 Å². The minimum Gasteiger partial charge on any atom is -0.296 e. The van der Waals surface area contributed by atoms with Gasteiger partial charge in [0.15, 0.2) is 0 Å². The topological polar surface area (TPSA) is 26.3 Å². The molecule has 0 N–H and O–H groups in total. The maximum absolute atomic E-state index is 11.4. The van der Waals surface area contributed by atoms with E-state index in [2.05, 4.69) is 5.92 Å². The molecular weight excluding hydrogens is 187 g/mol. The van der Waals surface area contributed by atoms with Crippen molar-refractivity contribution in [3.8, 4) is 12.3 Å². The maximum atomic E-state index is 11.4. The van der Waals surface area contributed by atoms with E-state index < -0.39 is 5.77 Å². The molecule has 0 aromatic carbocycles. The van der Waals surface area contributed by atoms with Crippen molar-refractivity contribution in [1.29, 1.82) is 0 Å². The van der Waals surface area contributed by atoms with Crippen molar-refractivity contribution in [2.75, 3.05) is 12.0 Å². The third kappa shape index (κ3) is 1.73. The first kappa shape index (κ1) is 8.55. The van der Waals surface area contributed by atoms with Crippen LogP contribution in [0.1, 0.15) is 0 Å². The lowest BCUT2D eigenvalue weighted by Crippen LogP contribution is -2.01. The Bertz CT molecular complexity index is 210. The Kier molecular flexibility index (Phi) is 2.76. The molecule has 1 aliphatic rings. The van der Waals surface area contributed by atoms with Crippen molar-refractivity contribution >= 4 is 28.5 Å². The average Bonchev–Trinajstić information content (AvgIpc) is 2.33. The van der Waals surface area contributed by atoms with E-state index >= 15 is 0 Å². The highest BCUT2D eigenvalue weighted by molar-refractivity contribution is 8.89.